The number of alkyl halides is 3. The summed E-state index contributed by atoms with van der Waals surface area (Å²) in [6.45, 7) is 13.2. The predicted molar refractivity (Wildman–Crippen MR) is 194 cm³/mol. The summed E-state index contributed by atoms with van der Waals surface area (Å²) < 4.78 is 42.3. The molecule has 18 heteroatoms. The number of Topliss-reactive ketones (excluding diaryl/α,β-unsaturated/α-hetero) is 1. The highest BCUT2D eigenvalue weighted by molar-refractivity contribution is 6.76. The monoisotopic (exact) mass is 787 g/mol. The van der Waals surface area contributed by atoms with Gasteiger partial charge in [-0.25, -0.2) is 0 Å². The Morgan fingerprint density at radius 1 is 0.808 bits per heavy atom. The molecule has 3 fully saturated rings. The first-order valence-corrected chi connectivity index (χ1v) is 18.6. The van der Waals surface area contributed by atoms with Crippen LogP contribution in [0.1, 0.15) is 66.9 Å². The lowest BCUT2D eigenvalue weighted by Crippen LogP contribution is -2.63. The smallest absolute Gasteiger partial charge is 0.265 e. The molecule has 0 bridgehead atoms. The zero-order chi connectivity index (χ0) is 38.3. The second-order valence-electron chi connectivity index (χ2n) is 13.7. The molecule has 0 radical (unpaired) electrons. The summed E-state index contributed by atoms with van der Waals surface area (Å²) in [7, 11) is 0. The van der Waals surface area contributed by atoms with Crippen molar-refractivity contribution in [1.82, 2.24) is 0 Å². The quantitative estimate of drug-likeness (QED) is 0.0514. The number of azide groups is 2. The fourth-order valence-electron chi connectivity index (χ4n) is 7.17. The molecule has 3 saturated heterocycles. The summed E-state index contributed by atoms with van der Waals surface area (Å²) in [5.74, 6) is -2.07. The third kappa shape index (κ3) is 9.82. The molecule has 0 aromatic heterocycles. The van der Waals surface area contributed by atoms with Crippen LogP contribution in [0.5, 0.6) is 0 Å². The molecule has 52 heavy (non-hydrogen) atoms. The fraction of sp³-hybridized carbons (Fsp3) is 0.765. The number of nitrogens with zero attached hydrogens (tertiary/aromatic N) is 6. The molecule has 0 saturated carbocycles. The normalized spacial score (nSPS) is 38.0. The molecular formula is C34H48Cl3N7O8. The minimum Gasteiger partial charge on any atom is -0.448 e. The second kappa shape index (κ2) is 18.8. The Kier molecular flexibility index (Phi) is 15.3. The van der Waals surface area contributed by atoms with Crippen LogP contribution in [0.25, 0.3) is 20.9 Å². The molecular weight excluding hydrogens is 741 g/mol. The summed E-state index contributed by atoms with van der Waals surface area (Å²) in [5.41, 5.74) is 19.8. The van der Waals surface area contributed by atoms with Crippen LogP contribution in [0.3, 0.4) is 0 Å². The lowest BCUT2D eigenvalue weighted by molar-refractivity contribution is -0.347. The molecule has 3 aliphatic rings. The van der Waals surface area contributed by atoms with Gasteiger partial charge in [-0.3, -0.25) is 10.2 Å². The van der Waals surface area contributed by atoms with E-state index in [1.54, 1.807) is 6.92 Å². The Hall–Kier alpha value is -2.39. The van der Waals surface area contributed by atoms with Gasteiger partial charge in [0.05, 0.1) is 37.1 Å². The number of carbonyl (C=O) groups excluding carboxylic acids is 1. The maximum absolute atomic E-state index is 13.3. The number of rotatable bonds is 13. The summed E-state index contributed by atoms with van der Waals surface area (Å²) >= 11 is 17.6. The van der Waals surface area contributed by atoms with Crippen molar-refractivity contribution >= 4 is 46.5 Å². The highest BCUT2D eigenvalue weighted by atomic mass is 35.6. The Balaban J connectivity index is 1.67. The third-order valence-electron chi connectivity index (χ3n) is 10.4. The van der Waals surface area contributed by atoms with Gasteiger partial charge in [-0.15, -0.1) is 0 Å². The van der Waals surface area contributed by atoms with Crippen LogP contribution in [0.4, 0.5) is 0 Å². The van der Waals surface area contributed by atoms with Gasteiger partial charge in [0.15, 0.2) is 18.4 Å². The van der Waals surface area contributed by atoms with Crippen LogP contribution in [-0.2, 0) is 44.6 Å². The van der Waals surface area contributed by atoms with Crippen molar-refractivity contribution in [3.63, 3.8) is 0 Å². The lowest BCUT2D eigenvalue weighted by atomic mass is 9.81. The SMILES string of the molecule is CCC1O[C@H](O[C@@H]2C(C(C)=O)O[C@@H](O[C@@H]3C(CC)O[C@H](OC(=N)C(Cl)(Cl)Cl)C(N=[N+]=[N-])[C@H]3C)C(OCc3ccccc3)[C@H]2C)C(N=[N+]=[N-])[C@@H](C)[C@@H]1C. The summed E-state index contributed by atoms with van der Waals surface area (Å²) in [6.07, 6.45) is -6.57. The first-order chi connectivity index (χ1) is 24.7. The Bertz CT molecular complexity index is 1460. The maximum atomic E-state index is 13.3. The Morgan fingerprint density at radius 2 is 1.38 bits per heavy atom. The molecule has 4 rings (SSSR count). The lowest BCUT2D eigenvalue weighted by Gasteiger charge is -2.50. The maximum Gasteiger partial charge on any atom is 0.265 e. The van der Waals surface area contributed by atoms with E-state index in [1.807, 2.05) is 58.0 Å². The number of ether oxygens (including phenoxy) is 7. The van der Waals surface area contributed by atoms with Gasteiger partial charge in [-0.2, -0.15) is 0 Å². The average Bonchev–Trinajstić information content (AvgIpc) is 3.10. The first kappa shape index (κ1) is 42.4. The van der Waals surface area contributed by atoms with Crippen molar-refractivity contribution in [2.45, 2.75) is 139 Å². The second-order valence-corrected chi connectivity index (χ2v) is 16.0. The Labute approximate surface area is 318 Å². The summed E-state index contributed by atoms with van der Waals surface area (Å²) in [6, 6.07) is 7.89. The molecule has 0 aliphatic carbocycles. The molecule has 3 heterocycles. The first-order valence-electron chi connectivity index (χ1n) is 17.5. The molecule has 0 spiro atoms. The van der Waals surface area contributed by atoms with Gasteiger partial charge < -0.3 is 33.2 Å². The topological polar surface area (TPSA) is 203 Å². The van der Waals surface area contributed by atoms with Gasteiger partial charge in [-0.05, 0) is 54.1 Å². The number of benzene rings is 1. The molecule has 1 N–H and O–H groups in total. The van der Waals surface area contributed by atoms with Crippen LogP contribution in [0.15, 0.2) is 40.6 Å². The number of carbonyl (C=O) groups is 1. The number of nitrogens with one attached hydrogen (secondary N) is 1. The van der Waals surface area contributed by atoms with Gasteiger partial charge in [0.2, 0.25) is 12.2 Å². The van der Waals surface area contributed by atoms with E-state index >= 15 is 0 Å². The summed E-state index contributed by atoms with van der Waals surface area (Å²) in [5, 5.41) is 16.0. The van der Waals surface area contributed by atoms with E-state index < -0.39 is 83.0 Å². The van der Waals surface area contributed by atoms with Gasteiger partial charge in [0.1, 0.15) is 18.2 Å². The molecule has 1 aromatic carbocycles. The average molecular weight is 789 g/mol. The molecule has 1 aromatic rings. The van der Waals surface area contributed by atoms with Crippen molar-refractivity contribution in [1.29, 1.82) is 5.41 Å². The van der Waals surface area contributed by atoms with E-state index in [0.717, 1.165) is 5.56 Å². The van der Waals surface area contributed by atoms with E-state index in [1.165, 1.54) is 6.92 Å². The zero-order valence-electron chi connectivity index (χ0n) is 30.3. The molecule has 3 aliphatic heterocycles. The van der Waals surface area contributed by atoms with E-state index in [9.17, 15) is 15.9 Å². The molecule has 15 atom stereocenters. The molecule has 288 valence electrons. The largest absolute Gasteiger partial charge is 0.448 e. The minimum absolute atomic E-state index is 0.0644. The fourth-order valence-corrected chi connectivity index (χ4v) is 7.31. The van der Waals surface area contributed by atoms with Crippen molar-refractivity contribution < 1.29 is 38.0 Å². The van der Waals surface area contributed by atoms with Crippen LogP contribution in [0.2, 0.25) is 0 Å². The van der Waals surface area contributed by atoms with Gasteiger partial charge in [0.25, 0.3) is 3.79 Å². The van der Waals surface area contributed by atoms with E-state index in [-0.39, 0.29) is 30.3 Å². The van der Waals surface area contributed by atoms with Crippen LogP contribution in [-0.4, -0.2) is 83.1 Å². The van der Waals surface area contributed by atoms with Crippen LogP contribution >= 0.6 is 34.8 Å². The van der Waals surface area contributed by atoms with Gasteiger partial charge >= 0.3 is 0 Å². The van der Waals surface area contributed by atoms with Crippen LogP contribution in [0, 0.1) is 29.1 Å². The van der Waals surface area contributed by atoms with Crippen molar-refractivity contribution in [2.24, 2.45) is 33.9 Å². The number of ketones is 1. The van der Waals surface area contributed by atoms with Crippen molar-refractivity contribution in [2.75, 3.05) is 0 Å². The number of hydrogen-bond donors (Lipinski definition) is 1. The standard InChI is InChI=1S/C34H48Cl3N7O8/c1-8-22-16(3)17(4)24(41-43-39)30(47-22)50-27-19(6)28(46-15-21-13-11-10-12-14-21)32(51-29(27)20(7)45)49-26-18(5)25(42-44-40)31(48-23(26)9-2)52-33(38)34(35,36)37/h10-14,16-19,22-32,38H,8-9,15H2,1-7H3/t16-,17-,18+,19-,22?,23?,24?,25?,26-,27-,28?,29?,30+,31+,32+/m0/s1. The number of hydrogen-bond acceptors (Lipinski definition) is 11. The Morgan fingerprint density at radius 3 is 1.94 bits per heavy atom. The molecule has 15 nitrogen and oxygen atoms in total. The highest BCUT2D eigenvalue weighted by Crippen LogP contribution is 2.41. The summed E-state index contributed by atoms with van der Waals surface area (Å²) in [4.78, 5) is 19.4. The molecule has 0 amide bonds. The van der Waals surface area contributed by atoms with E-state index in [4.69, 9.17) is 73.4 Å². The van der Waals surface area contributed by atoms with E-state index in [2.05, 4.69) is 27.0 Å². The van der Waals surface area contributed by atoms with Gasteiger partial charge in [0, 0.05) is 15.7 Å². The molecule has 6 unspecified atom stereocenters. The van der Waals surface area contributed by atoms with Crippen molar-refractivity contribution in [3.05, 3.63) is 56.8 Å². The van der Waals surface area contributed by atoms with Crippen molar-refractivity contribution in [3.8, 4) is 0 Å². The third-order valence-corrected chi connectivity index (χ3v) is 10.9. The predicted octanol–water partition coefficient (Wildman–Crippen LogP) is 8.19. The van der Waals surface area contributed by atoms with Crippen LogP contribution < -0.4 is 0 Å². The van der Waals surface area contributed by atoms with E-state index in [0.29, 0.717) is 12.8 Å². The van der Waals surface area contributed by atoms with Gasteiger partial charge in [-0.1, -0.05) is 117 Å². The highest BCUT2D eigenvalue weighted by Gasteiger charge is 2.54. The minimum atomic E-state index is -2.17. The zero-order valence-corrected chi connectivity index (χ0v) is 32.5. The number of halogens is 3.